The van der Waals surface area contributed by atoms with Crippen LogP contribution < -0.4 is 16.0 Å². The number of alkyl halides is 1. The minimum atomic E-state index is -1.34. The van der Waals surface area contributed by atoms with E-state index < -0.39 is 11.1 Å². The Morgan fingerprint density at radius 1 is 0.828 bits per heavy atom. The van der Waals surface area contributed by atoms with E-state index in [0.717, 1.165) is 97.5 Å². The van der Waals surface area contributed by atoms with Crippen molar-refractivity contribution in [2.24, 2.45) is 0 Å². The number of hydrogen-bond donors (Lipinski definition) is 3. The first-order valence-corrected chi connectivity index (χ1v) is 21.1. The first kappa shape index (κ1) is 42.2. The molecule has 2 aliphatic rings. The Bertz CT molecular complexity index is 2070. The Morgan fingerprint density at radius 3 is 2.09 bits per heavy atom. The van der Waals surface area contributed by atoms with Crippen LogP contribution in [0.4, 0.5) is 4.39 Å². The van der Waals surface area contributed by atoms with Crippen LogP contribution in [0.25, 0.3) is 22.5 Å². The lowest BCUT2D eigenvalue weighted by molar-refractivity contribution is 0.213. The molecule has 0 amide bonds. The van der Waals surface area contributed by atoms with Crippen molar-refractivity contribution in [3.05, 3.63) is 193 Å². The zero-order chi connectivity index (χ0) is 41.1. The lowest BCUT2D eigenvalue weighted by Crippen LogP contribution is -2.39. The summed E-state index contributed by atoms with van der Waals surface area (Å²) in [5.41, 5.74) is 10.3. The third-order valence-electron chi connectivity index (χ3n) is 11.8. The third kappa shape index (κ3) is 9.82. The monoisotopic (exact) mass is 775 g/mol. The molecule has 1 aliphatic heterocycles. The second kappa shape index (κ2) is 19.4. The van der Waals surface area contributed by atoms with E-state index in [1.54, 1.807) is 13.8 Å². The number of halogens is 1. The fraction of sp³-hybridized carbons (Fsp3) is 0.321. The zero-order valence-electron chi connectivity index (χ0n) is 35.0. The number of fused-ring (bicyclic) bond motifs is 3. The first-order valence-electron chi connectivity index (χ1n) is 21.1. The van der Waals surface area contributed by atoms with Crippen LogP contribution in [0, 0.1) is 0 Å². The van der Waals surface area contributed by atoms with Crippen molar-refractivity contribution in [3.63, 3.8) is 0 Å². The summed E-state index contributed by atoms with van der Waals surface area (Å²) >= 11 is 0. The van der Waals surface area contributed by atoms with Gasteiger partial charge in [0.15, 0.2) is 0 Å². The number of nitrogens with zero attached hydrogens (tertiary/aromatic N) is 1. The molecule has 1 saturated heterocycles. The van der Waals surface area contributed by atoms with Crippen molar-refractivity contribution in [1.29, 1.82) is 0 Å². The smallest absolute Gasteiger partial charge is 0.122 e. The summed E-state index contributed by atoms with van der Waals surface area (Å²) in [6, 6.07) is 36.5. The highest BCUT2D eigenvalue weighted by Crippen LogP contribution is 2.54. The Hall–Kier alpha value is -5.39. The molecule has 58 heavy (non-hydrogen) atoms. The number of allylic oxidation sites excluding steroid dienone is 4. The number of likely N-dealkylation sites (tertiary alicyclic amines) is 1. The average Bonchev–Trinajstić information content (AvgIpc) is 3.33. The van der Waals surface area contributed by atoms with Crippen LogP contribution in [0.1, 0.15) is 93.2 Å². The van der Waals surface area contributed by atoms with Gasteiger partial charge in [-0.1, -0.05) is 160 Å². The predicted octanol–water partition coefficient (Wildman–Crippen LogP) is 12.1. The molecule has 0 saturated carbocycles. The van der Waals surface area contributed by atoms with Crippen LogP contribution >= 0.6 is 0 Å². The second-order valence-electron chi connectivity index (χ2n) is 16.5. The van der Waals surface area contributed by atoms with Crippen LogP contribution in [0.5, 0.6) is 0 Å². The quantitative estimate of drug-likeness (QED) is 0.0655. The largest absolute Gasteiger partial charge is 0.385 e. The molecule has 1 fully saturated rings. The van der Waals surface area contributed by atoms with Crippen LogP contribution in [0.3, 0.4) is 0 Å². The van der Waals surface area contributed by atoms with Gasteiger partial charge in [-0.25, -0.2) is 4.39 Å². The average molecular weight is 775 g/mol. The number of nitrogens with one attached hydrogen (secondary N) is 3. The molecule has 2 atom stereocenters. The van der Waals surface area contributed by atoms with Gasteiger partial charge in [0.25, 0.3) is 0 Å². The summed E-state index contributed by atoms with van der Waals surface area (Å²) in [6.07, 6.45) is 14.4. The van der Waals surface area contributed by atoms with Gasteiger partial charge in [0, 0.05) is 47.3 Å². The molecule has 6 rings (SSSR count). The maximum atomic E-state index is 14.8. The van der Waals surface area contributed by atoms with Gasteiger partial charge in [-0.15, -0.1) is 0 Å². The van der Waals surface area contributed by atoms with E-state index in [1.165, 1.54) is 22.3 Å². The molecule has 0 aromatic heterocycles. The van der Waals surface area contributed by atoms with Gasteiger partial charge in [0.1, 0.15) is 5.67 Å². The van der Waals surface area contributed by atoms with Crippen LogP contribution in [-0.2, 0) is 5.41 Å². The highest BCUT2D eigenvalue weighted by Gasteiger charge is 2.45. The van der Waals surface area contributed by atoms with Gasteiger partial charge in [0.2, 0.25) is 0 Å². The number of rotatable bonds is 19. The van der Waals surface area contributed by atoms with Crippen molar-refractivity contribution < 1.29 is 4.39 Å². The summed E-state index contributed by atoms with van der Waals surface area (Å²) in [6.45, 7) is 26.3. The second-order valence-corrected chi connectivity index (χ2v) is 16.5. The first-order chi connectivity index (χ1) is 28.1. The Balaban J connectivity index is 1.08. The van der Waals surface area contributed by atoms with Crippen molar-refractivity contribution in [3.8, 4) is 11.1 Å². The molecule has 1 aliphatic carbocycles. The minimum absolute atomic E-state index is 0.0930. The molecule has 0 spiro atoms. The number of hydrogen-bond acceptors (Lipinski definition) is 4. The number of unbranched alkanes of at least 4 members (excludes halogenated alkanes) is 1. The molecule has 4 aromatic carbocycles. The van der Waals surface area contributed by atoms with Gasteiger partial charge in [-0.05, 0) is 99.4 Å². The maximum absolute atomic E-state index is 14.8. The van der Waals surface area contributed by atoms with Gasteiger partial charge in [0.05, 0.1) is 11.5 Å². The molecule has 3 N–H and O–H groups in total. The topological polar surface area (TPSA) is 39.3 Å². The van der Waals surface area contributed by atoms with Gasteiger partial charge < -0.3 is 20.9 Å². The molecule has 4 nitrogen and oxygen atoms in total. The fourth-order valence-electron chi connectivity index (χ4n) is 8.95. The fourth-order valence-corrected chi connectivity index (χ4v) is 8.95. The molecule has 0 bridgehead atoms. The summed E-state index contributed by atoms with van der Waals surface area (Å²) < 4.78 is 14.8. The minimum Gasteiger partial charge on any atom is -0.385 e. The molecule has 5 heteroatoms. The summed E-state index contributed by atoms with van der Waals surface area (Å²) in [5, 5.41) is 11.0. The zero-order valence-corrected chi connectivity index (χ0v) is 35.0. The summed E-state index contributed by atoms with van der Waals surface area (Å²) in [7, 11) is 0. The van der Waals surface area contributed by atoms with E-state index in [1.807, 2.05) is 19.1 Å². The SMILES string of the molecule is C=C/C=C(\C=C/C)C(NC(=C)c1ccccc1C(=C)NC1CCCN(CCCCC2(C(=C)NCC(C)(C)F)c3ccccc3-c3ccccc32)CC1)c1ccccc1. The highest BCUT2D eigenvalue weighted by molar-refractivity contribution is 5.83. The summed E-state index contributed by atoms with van der Waals surface area (Å²) in [5.74, 6) is 0. The standard InChI is InChI=1S/C53H63FN4/c1-8-22-42(23-9-2)51(43-24-11-10-12-25-43)57-40(4)46-28-14-13-27-45(46)39(3)56-44-26-21-36-58(37-33-44)35-20-19-34-53(41(5)55-38-52(6,7)54)49-31-17-15-29-47(49)48-30-16-18-32-50(48)53/h8-18,22-25,27-32,44,51,55-57H,1,3-5,19-21,26,33-38H2,2,6-7H3/b23-9-,42-22+. The maximum Gasteiger partial charge on any atom is 0.122 e. The molecule has 2 unspecified atom stereocenters. The Labute approximate surface area is 348 Å². The van der Waals surface area contributed by atoms with E-state index >= 15 is 0 Å². The molecule has 1 heterocycles. The van der Waals surface area contributed by atoms with Crippen LogP contribution in [0.15, 0.2) is 165 Å². The van der Waals surface area contributed by atoms with E-state index in [2.05, 4.69) is 162 Å². The van der Waals surface area contributed by atoms with E-state index in [0.29, 0.717) is 6.04 Å². The summed E-state index contributed by atoms with van der Waals surface area (Å²) in [4.78, 5) is 2.63. The van der Waals surface area contributed by atoms with Crippen molar-refractivity contribution in [1.82, 2.24) is 20.9 Å². The molecule has 302 valence electrons. The lowest BCUT2D eigenvalue weighted by Gasteiger charge is -2.36. The normalized spacial score (nSPS) is 17.1. The van der Waals surface area contributed by atoms with Gasteiger partial charge in [-0.2, -0.15) is 0 Å². The molecular formula is C53H63FN4. The Kier molecular flexibility index (Phi) is 14.1. The van der Waals surface area contributed by atoms with E-state index in [-0.39, 0.29) is 12.6 Å². The van der Waals surface area contributed by atoms with Gasteiger partial charge >= 0.3 is 0 Å². The molecular weight excluding hydrogens is 712 g/mol. The van der Waals surface area contributed by atoms with Gasteiger partial charge in [-0.3, -0.25) is 0 Å². The van der Waals surface area contributed by atoms with Crippen molar-refractivity contribution >= 4 is 11.4 Å². The Morgan fingerprint density at radius 2 is 1.45 bits per heavy atom. The van der Waals surface area contributed by atoms with Crippen LogP contribution in [0.2, 0.25) is 0 Å². The van der Waals surface area contributed by atoms with Crippen LogP contribution in [-0.4, -0.2) is 42.8 Å². The molecule has 0 radical (unpaired) electrons. The predicted molar refractivity (Wildman–Crippen MR) is 246 cm³/mol. The van der Waals surface area contributed by atoms with Crippen molar-refractivity contribution in [2.75, 3.05) is 26.2 Å². The number of benzene rings is 4. The van der Waals surface area contributed by atoms with E-state index in [4.69, 9.17) is 0 Å². The molecule has 4 aromatic rings. The highest BCUT2D eigenvalue weighted by atomic mass is 19.1. The third-order valence-corrected chi connectivity index (χ3v) is 11.8. The van der Waals surface area contributed by atoms with E-state index in [9.17, 15) is 4.39 Å². The van der Waals surface area contributed by atoms with Crippen molar-refractivity contribution in [2.45, 2.75) is 82.5 Å². The lowest BCUT2D eigenvalue weighted by atomic mass is 9.72.